The van der Waals surface area contributed by atoms with Crippen molar-refractivity contribution in [2.45, 2.75) is 6.18 Å². The van der Waals surface area contributed by atoms with Gasteiger partial charge in [0.25, 0.3) is 0 Å². The summed E-state index contributed by atoms with van der Waals surface area (Å²) < 4.78 is 64.5. The minimum absolute atomic E-state index is 0.0167. The lowest BCUT2D eigenvalue weighted by Crippen LogP contribution is -2.08. The van der Waals surface area contributed by atoms with E-state index < -0.39 is 34.9 Å². The summed E-state index contributed by atoms with van der Waals surface area (Å²) in [6, 6.07) is 5.10. The Morgan fingerprint density at radius 1 is 0.905 bits per heavy atom. The van der Waals surface area contributed by atoms with Crippen molar-refractivity contribution >= 4 is 5.97 Å². The first kappa shape index (κ1) is 15.0. The Hall–Kier alpha value is -2.44. The molecule has 0 radical (unpaired) electrons. The van der Waals surface area contributed by atoms with Gasteiger partial charge in [-0.15, -0.1) is 0 Å². The van der Waals surface area contributed by atoms with Crippen molar-refractivity contribution in [3.05, 3.63) is 59.2 Å². The number of halogens is 5. The zero-order valence-corrected chi connectivity index (χ0v) is 10.2. The van der Waals surface area contributed by atoms with E-state index in [1.807, 2.05) is 0 Å². The van der Waals surface area contributed by atoms with Crippen molar-refractivity contribution in [1.29, 1.82) is 0 Å². The lowest BCUT2D eigenvalue weighted by molar-refractivity contribution is -0.139. The summed E-state index contributed by atoms with van der Waals surface area (Å²) in [5.74, 6) is -4.01. The number of benzene rings is 2. The van der Waals surface area contributed by atoms with Gasteiger partial charge in [0.2, 0.25) is 0 Å². The molecule has 2 rings (SSSR count). The fraction of sp³-hybridized carbons (Fsp3) is 0.0714. The number of carbonyl (C=O) groups is 1. The van der Waals surface area contributed by atoms with Crippen LogP contribution in [-0.2, 0) is 6.18 Å². The topological polar surface area (TPSA) is 37.3 Å². The van der Waals surface area contributed by atoms with E-state index in [0.717, 1.165) is 24.3 Å². The van der Waals surface area contributed by atoms with Crippen molar-refractivity contribution in [3.63, 3.8) is 0 Å². The number of hydrogen-bond donors (Lipinski definition) is 1. The Balaban J connectivity index is 2.53. The van der Waals surface area contributed by atoms with Gasteiger partial charge in [0, 0.05) is 0 Å². The Kier molecular flexibility index (Phi) is 3.67. The van der Waals surface area contributed by atoms with Crippen molar-refractivity contribution in [2.75, 3.05) is 0 Å². The molecule has 0 amide bonds. The second-order valence-corrected chi connectivity index (χ2v) is 4.19. The zero-order valence-electron chi connectivity index (χ0n) is 10.2. The summed E-state index contributed by atoms with van der Waals surface area (Å²) in [7, 11) is 0. The smallest absolute Gasteiger partial charge is 0.419 e. The highest BCUT2D eigenvalue weighted by molar-refractivity contribution is 5.88. The standard InChI is InChI=1S/C14H7F5O2/c15-11-4-2-7(5-10(11)14(17,18)19)8-1-3-9(13(20)21)12(16)6-8/h1-6H,(H,20,21). The normalized spacial score (nSPS) is 11.5. The van der Waals surface area contributed by atoms with Gasteiger partial charge in [-0.3, -0.25) is 0 Å². The highest BCUT2D eigenvalue weighted by Crippen LogP contribution is 2.34. The fourth-order valence-electron chi connectivity index (χ4n) is 1.79. The van der Waals surface area contributed by atoms with Gasteiger partial charge in [-0.25, -0.2) is 13.6 Å². The summed E-state index contributed by atoms with van der Waals surface area (Å²) in [6.07, 6.45) is -4.88. The first-order chi connectivity index (χ1) is 9.70. The Morgan fingerprint density at radius 3 is 2.00 bits per heavy atom. The molecule has 0 fully saturated rings. The van der Waals surface area contributed by atoms with Gasteiger partial charge in [-0.1, -0.05) is 12.1 Å². The minimum atomic E-state index is -4.88. The number of carboxylic acid groups (broad SMARTS) is 1. The minimum Gasteiger partial charge on any atom is -0.478 e. The van der Waals surface area contributed by atoms with E-state index in [1.165, 1.54) is 0 Å². The van der Waals surface area contributed by atoms with Crippen LogP contribution in [0.1, 0.15) is 15.9 Å². The molecule has 0 saturated carbocycles. The van der Waals surface area contributed by atoms with Gasteiger partial charge in [0.1, 0.15) is 11.6 Å². The Bertz CT molecular complexity index is 707. The third kappa shape index (κ3) is 3.01. The van der Waals surface area contributed by atoms with Crippen LogP contribution in [0.4, 0.5) is 22.0 Å². The number of rotatable bonds is 2. The van der Waals surface area contributed by atoms with E-state index in [0.29, 0.717) is 12.1 Å². The molecule has 0 aliphatic carbocycles. The molecule has 0 aromatic heterocycles. The predicted molar refractivity (Wildman–Crippen MR) is 63.8 cm³/mol. The first-order valence-corrected chi connectivity index (χ1v) is 5.60. The lowest BCUT2D eigenvalue weighted by atomic mass is 10.0. The number of hydrogen-bond acceptors (Lipinski definition) is 1. The van der Waals surface area contributed by atoms with Crippen molar-refractivity contribution in [1.82, 2.24) is 0 Å². The molecule has 1 N–H and O–H groups in total. The molecule has 0 spiro atoms. The summed E-state index contributed by atoms with van der Waals surface area (Å²) in [6.45, 7) is 0. The SMILES string of the molecule is O=C(O)c1ccc(-c2ccc(F)c(C(F)(F)F)c2)cc1F. The van der Waals surface area contributed by atoms with Crippen LogP contribution in [0.5, 0.6) is 0 Å². The van der Waals surface area contributed by atoms with Gasteiger partial charge in [-0.05, 0) is 35.4 Å². The molecule has 2 aromatic carbocycles. The second kappa shape index (κ2) is 5.16. The van der Waals surface area contributed by atoms with Crippen molar-refractivity contribution in [3.8, 4) is 11.1 Å². The third-order valence-electron chi connectivity index (χ3n) is 2.80. The van der Waals surface area contributed by atoms with Crippen LogP contribution in [0, 0.1) is 11.6 Å². The first-order valence-electron chi connectivity index (χ1n) is 5.60. The van der Waals surface area contributed by atoms with Crippen LogP contribution in [0.3, 0.4) is 0 Å². The van der Waals surface area contributed by atoms with Gasteiger partial charge < -0.3 is 5.11 Å². The average Bonchev–Trinajstić information content (AvgIpc) is 2.37. The number of aromatic carboxylic acids is 1. The van der Waals surface area contributed by atoms with Crippen LogP contribution in [-0.4, -0.2) is 11.1 Å². The van der Waals surface area contributed by atoms with Gasteiger partial charge in [-0.2, -0.15) is 13.2 Å². The maximum Gasteiger partial charge on any atom is 0.419 e. The molecular weight excluding hydrogens is 295 g/mol. The molecule has 0 aliphatic heterocycles. The molecule has 2 nitrogen and oxygen atoms in total. The summed E-state index contributed by atoms with van der Waals surface area (Å²) in [4.78, 5) is 10.7. The molecule has 0 aliphatic rings. The largest absolute Gasteiger partial charge is 0.478 e. The van der Waals surface area contributed by atoms with E-state index in [9.17, 15) is 26.7 Å². The fourth-order valence-corrected chi connectivity index (χ4v) is 1.79. The highest BCUT2D eigenvalue weighted by atomic mass is 19.4. The molecule has 0 atom stereocenters. The monoisotopic (exact) mass is 302 g/mol. The zero-order chi connectivity index (χ0) is 15.8. The predicted octanol–water partition coefficient (Wildman–Crippen LogP) is 4.35. The molecule has 0 heterocycles. The summed E-state index contributed by atoms with van der Waals surface area (Å²) >= 11 is 0. The average molecular weight is 302 g/mol. The van der Waals surface area contributed by atoms with Gasteiger partial charge >= 0.3 is 12.1 Å². The Morgan fingerprint density at radius 2 is 1.48 bits per heavy atom. The molecule has 7 heteroatoms. The van der Waals surface area contributed by atoms with E-state index in [2.05, 4.69) is 0 Å². The van der Waals surface area contributed by atoms with E-state index >= 15 is 0 Å². The Labute approximate surface area is 115 Å². The number of alkyl halides is 3. The van der Waals surface area contributed by atoms with E-state index in [4.69, 9.17) is 5.11 Å². The molecule has 2 aromatic rings. The molecule has 0 unspecified atom stereocenters. The maximum atomic E-state index is 13.5. The van der Waals surface area contributed by atoms with Crippen molar-refractivity contribution in [2.24, 2.45) is 0 Å². The molecular formula is C14H7F5O2. The molecule has 0 saturated heterocycles. The van der Waals surface area contributed by atoms with Crippen LogP contribution < -0.4 is 0 Å². The van der Waals surface area contributed by atoms with Crippen LogP contribution in [0.15, 0.2) is 36.4 Å². The summed E-state index contributed by atoms with van der Waals surface area (Å²) in [5.41, 5.74) is -2.12. The number of carboxylic acids is 1. The third-order valence-corrected chi connectivity index (χ3v) is 2.80. The second-order valence-electron chi connectivity index (χ2n) is 4.19. The van der Waals surface area contributed by atoms with Crippen LogP contribution in [0.2, 0.25) is 0 Å². The highest BCUT2D eigenvalue weighted by Gasteiger charge is 2.34. The van der Waals surface area contributed by atoms with Gasteiger partial charge in [0.15, 0.2) is 0 Å². The quantitative estimate of drug-likeness (QED) is 0.837. The maximum absolute atomic E-state index is 13.5. The lowest BCUT2D eigenvalue weighted by Gasteiger charge is -2.10. The van der Waals surface area contributed by atoms with E-state index in [1.54, 1.807) is 0 Å². The van der Waals surface area contributed by atoms with E-state index in [-0.39, 0.29) is 11.1 Å². The summed E-state index contributed by atoms with van der Waals surface area (Å²) in [5, 5.41) is 8.68. The van der Waals surface area contributed by atoms with Crippen LogP contribution in [0.25, 0.3) is 11.1 Å². The molecule has 110 valence electrons. The molecule has 21 heavy (non-hydrogen) atoms. The van der Waals surface area contributed by atoms with Gasteiger partial charge in [0.05, 0.1) is 11.1 Å². The molecule has 0 bridgehead atoms. The van der Waals surface area contributed by atoms with Crippen LogP contribution >= 0.6 is 0 Å². The van der Waals surface area contributed by atoms with Crippen molar-refractivity contribution < 1.29 is 31.9 Å².